The molecule has 0 aromatic heterocycles. The molecule has 9 nitrogen and oxygen atoms in total. The SMILES string of the molecule is CCc1ccc([C@H](C)Nc2c(Nc3ccc(Cl)c(S(=O)(=O)N(C)OC)c3O)c(=O)c2=O)cc1. The van der Waals surface area contributed by atoms with Gasteiger partial charge in [0, 0.05) is 13.1 Å². The van der Waals surface area contributed by atoms with Crippen LogP contribution in [0.4, 0.5) is 17.1 Å². The van der Waals surface area contributed by atoms with E-state index in [-0.39, 0.29) is 28.1 Å². The molecule has 3 rings (SSSR count). The third-order valence-corrected chi connectivity index (χ3v) is 7.54. The Morgan fingerprint density at radius 3 is 2.27 bits per heavy atom. The summed E-state index contributed by atoms with van der Waals surface area (Å²) in [5, 5.41) is 16.1. The van der Waals surface area contributed by atoms with Gasteiger partial charge in [-0.1, -0.05) is 47.3 Å². The Morgan fingerprint density at radius 2 is 1.70 bits per heavy atom. The van der Waals surface area contributed by atoms with Crippen molar-refractivity contribution in [3.8, 4) is 5.75 Å². The van der Waals surface area contributed by atoms with Crippen molar-refractivity contribution in [2.45, 2.75) is 31.2 Å². The van der Waals surface area contributed by atoms with Gasteiger partial charge in [-0.2, -0.15) is 0 Å². The average molecular weight is 494 g/mol. The van der Waals surface area contributed by atoms with Crippen molar-refractivity contribution >= 4 is 38.7 Å². The molecule has 0 unspecified atom stereocenters. The van der Waals surface area contributed by atoms with Gasteiger partial charge in [0.05, 0.1) is 17.8 Å². The van der Waals surface area contributed by atoms with E-state index in [2.05, 4.69) is 10.6 Å². The number of nitrogens with zero attached hydrogens (tertiary/aromatic N) is 1. The van der Waals surface area contributed by atoms with E-state index >= 15 is 0 Å². The number of phenolic OH excluding ortho intramolecular Hbond substituents is 1. The van der Waals surface area contributed by atoms with Crippen molar-refractivity contribution in [2.75, 3.05) is 24.8 Å². The minimum absolute atomic E-state index is 0.0415. The number of anilines is 3. The molecule has 0 fully saturated rings. The number of hydrogen-bond acceptors (Lipinski definition) is 8. The number of hydrogen-bond donors (Lipinski definition) is 3. The maximum atomic E-state index is 12.6. The fraction of sp³-hybridized carbons (Fsp3) is 0.273. The van der Waals surface area contributed by atoms with Gasteiger partial charge in [0.15, 0.2) is 5.75 Å². The second-order valence-corrected chi connectivity index (χ2v) is 9.64. The van der Waals surface area contributed by atoms with Crippen LogP contribution < -0.4 is 21.5 Å². The number of hydroxylamine groups is 1. The third-order valence-electron chi connectivity index (χ3n) is 5.36. The van der Waals surface area contributed by atoms with Crippen molar-refractivity contribution in [3.63, 3.8) is 0 Å². The molecule has 0 aliphatic rings. The maximum Gasteiger partial charge on any atom is 0.269 e. The van der Waals surface area contributed by atoms with E-state index in [0.29, 0.717) is 4.47 Å². The van der Waals surface area contributed by atoms with Crippen molar-refractivity contribution in [2.24, 2.45) is 0 Å². The molecule has 176 valence electrons. The van der Waals surface area contributed by atoms with Gasteiger partial charge in [-0.05, 0) is 36.6 Å². The molecule has 0 saturated heterocycles. The Balaban J connectivity index is 1.93. The van der Waals surface area contributed by atoms with Crippen molar-refractivity contribution in [3.05, 3.63) is 73.0 Å². The number of aromatic hydroxyl groups is 1. The van der Waals surface area contributed by atoms with Crippen LogP contribution in [0, 0.1) is 0 Å². The molecule has 0 saturated carbocycles. The fourth-order valence-corrected chi connectivity index (χ4v) is 4.81. The van der Waals surface area contributed by atoms with E-state index in [0.717, 1.165) is 26.1 Å². The molecule has 0 amide bonds. The van der Waals surface area contributed by atoms with Crippen LogP contribution in [0.3, 0.4) is 0 Å². The molecule has 3 aromatic carbocycles. The molecule has 0 spiro atoms. The number of aryl methyl sites for hydroxylation is 1. The first kappa shape index (κ1) is 24.7. The summed E-state index contributed by atoms with van der Waals surface area (Å²) in [4.78, 5) is 28.6. The zero-order chi connectivity index (χ0) is 24.5. The van der Waals surface area contributed by atoms with Gasteiger partial charge in [-0.25, -0.2) is 8.42 Å². The molecule has 0 heterocycles. The summed E-state index contributed by atoms with van der Waals surface area (Å²) >= 11 is 6.02. The highest BCUT2D eigenvalue weighted by Crippen LogP contribution is 2.40. The summed E-state index contributed by atoms with van der Waals surface area (Å²) in [5.74, 6) is -0.714. The molecule has 0 radical (unpaired) electrons. The standard InChI is InChI=1S/C22H24ClN3O6S/c1-5-13-6-8-14(9-7-13)12(2)24-17-18(21(29)20(17)28)25-16-11-10-15(23)22(19(16)27)33(30,31)26(3)32-4/h6-12,24-25,27H,5H2,1-4H3/t12-/m0/s1. The lowest BCUT2D eigenvalue weighted by molar-refractivity contribution is -0.0259. The number of benzene rings is 2. The van der Waals surface area contributed by atoms with Gasteiger partial charge < -0.3 is 15.7 Å². The van der Waals surface area contributed by atoms with E-state index < -0.39 is 31.5 Å². The van der Waals surface area contributed by atoms with Gasteiger partial charge in [0.25, 0.3) is 20.9 Å². The minimum Gasteiger partial charge on any atom is -0.504 e. The lowest BCUT2D eigenvalue weighted by atomic mass is 10.0. The largest absolute Gasteiger partial charge is 0.504 e. The predicted octanol–water partition coefficient (Wildman–Crippen LogP) is 3.30. The van der Waals surface area contributed by atoms with E-state index in [1.165, 1.54) is 17.7 Å². The highest BCUT2D eigenvalue weighted by molar-refractivity contribution is 7.89. The van der Waals surface area contributed by atoms with Gasteiger partial charge in [0.2, 0.25) is 0 Å². The average Bonchev–Trinajstić information content (AvgIpc) is 2.81. The van der Waals surface area contributed by atoms with E-state index in [1.54, 1.807) is 0 Å². The molecular weight excluding hydrogens is 470 g/mol. The molecule has 33 heavy (non-hydrogen) atoms. The summed E-state index contributed by atoms with van der Waals surface area (Å²) in [5.41, 5.74) is 0.422. The summed E-state index contributed by atoms with van der Waals surface area (Å²) in [6, 6.07) is 10.1. The fourth-order valence-electron chi connectivity index (χ4n) is 3.24. The smallest absolute Gasteiger partial charge is 0.269 e. The maximum absolute atomic E-state index is 12.6. The van der Waals surface area contributed by atoms with Crippen LogP contribution in [0.5, 0.6) is 5.75 Å². The minimum atomic E-state index is -4.29. The van der Waals surface area contributed by atoms with Crippen molar-refractivity contribution in [1.82, 2.24) is 4.47 Å². The molecule has 0 bridgehead atoms. The summed E-state index contributed by atoms with van der Waals surface area (Å²) in [6.07, 6.45) is 0.900. The Morgan fingerprint density at radius 1 is 1.09 bits per heavy atom. The number of sulfonamides is 1. The van der Waals surface area contributed by atoms with Crippen LogP contribution >= 0.6 is 11.6 Å². The monoisotopic (exact) mass is 493 g/mol. The summed E-state index contributed by atoms with van der Waals surface area (Å²) < 4.78 is 25.8. The second-order valence-electron chi connectivity index (χ2n) is 7.36. The van der Waals surface area contributed by atoms with E-state index in [1.807, 2.05) is 38.1 Å². The topological polar surface area (TPSA) is 125 Å². The molecule has 3 N–H and O–H groups in total. The number of rotatable bonds is 9. The van der Waals surface area contributed by atoms with Gasteiger partial charge in [-0.15, -0.1) is 0 Å². The lowest BCUT2D eigenvalue weighted by Gasteiger charge is -2.21. The summed E-state index contributed by atoms with van der Waals surface area (Å²) in [7, 11) is -2.01. The van der Waals surface area contributed by atoms with Gasteiger partial charge >= 0.3 is 0 Å². The Labute approximate surface area is 196 Å². The van der Waals surface area contributed by atoms with E-state index in [4.69, 9.17) is 16.4 Å². The van der Waals surface area contributed by atoms with Crippen molar-refractivity contribution < 1.29 is 18.4 Å². The molecular formula is C22H24ClN3O6S. The summed E-state index contributed by atoms with van der Waals surface area (Å²) in [6.45, 7) is 3.89. The van der Waals surface area contributed by atoms with Crippen LogP contribution in [-0.2, 0) is 21.3 Å². The molecule has 0 aliphatic carbocycles. The number of phenols is 1. The van der Waals surface area contributed by atoms with Crippen LogP contribution in [-0.4, -0.2) is 32.2 Å². The van der Waals surface area contributed by atoms with E-state index in [9.17, 15) is 23.1 Å². The van der Waals surface area contributed by atoms with Crippen LogP contribution in [0.2, 0.25) is 5.02 Å². The zero-order valence-corrected chi connectivity index (χ0v) is 20.0. The van der Waals surface area contributed by atoms with Gasteiger partial charge in [-0.3, -0.25) is 14.4 Å². The first-order chi connectivity index (χ1) is 15.5. The first-order valence-corrected chi connectivity index (χ1v) is 11.8. The lowest BCUT2D eigenvalue weighted by Crippen LogP contribution is -2.37. The third kappa shape index (κ3) is 4.60. The zero-order valence-electron chi connectivity index (χ0n) is 18.5. The highest BCUT2D eigenvalue weighted by atomic mass is 35.5. The number of halogens is 1. The molecule has 1 atom stereocenters. The van der Waals surface area contributed by atoms with Crippen molar-refractivity contribution in [1.29, 1.82) is 0 Å². The normalized spacial score (nSPS) is 12.8. The molecule has 3 aromatic rings. The quantitative estimate of drug-likeness (QED) is 0.235. The highest BCUT2D eigenvalue weighted by Gasteiger charge is 2.30. The Hall–Kier alpha value is -2.92. The molecule has 11 heteroatoms. The van der Waals surface area contributed by atoms with Crippen LogP contribution in [0.25, 0.3) is 0 Å². The first-order valence-electron chi connectivity index (χ1n) is 10.0. The number of nitrogens with one attached hydrogen (secondary N) is 2. The van der Waals surface area contributed by atoms with Crippen LogP contribution in [0.1, 0.15) is 31.0 Å². The molecule has 0 aliphatic heterocycles. The second kappa shape index (κ2) is 9.52. The Bertz CT molecular complexity index is 1350. The predicted molar refractivity (Wildman–Crippen MR) is 128 cm³/mol. The van der Waals surface area contributed by atoms with Gasteiger partial charge in [0.1, 0.15) is 16.3 Å². The Kier molecular flexibility index (Phi) is 7.13. The van der Waals surface area contributed by atoms with Crippen LogP contribution in [0.15, 0.2) is 50.9 Å².